The van der Waals surface area contributed by atoms with E-state index in [1.807, 2.05) is 12.1 Å². The van der Waals surface area contributed by atoms with Gasteiger partial charge in [0.15, 0.2) is 0 Å². The lowest BCUT2D eigenvalue weighted by Gasteiger charge is -2.30. The molecule has 2 aromatic rings. The van der Waals surface area contributed by atoms with Gasteiger partial charge in [0.1, 0.15) is 5.52 Å². The summed E-state index contributed by atoms with van der Waals surface area (Å²) in [6, 6.07) is 6.92. The molecule has 1 aromatic heterocycles. The van der Waals surface area contributed by atoms with Gasteiger partial charge < -0.3 is 5.32 Å². The maximum atomic E-state index is 11.1. The maximum Gasteiger partial charge on any atom is 0.295 e. The van der Waals surface area contributed by atoms with Gasteiger partial charge in [-0.25, -0.2) is 4.98 Å². The van der Waals surface area contributed by atoms with Gasteiger partial charge in [0.25, 0.3) is 5.69 Å². The lowest BCUT2D eigenvalue weighted by atomic mass is 9.95. The molecule has 0 aliphatic heterocycles. The quantitative estimate of drug-likeness (QED) is 0.656. The first-order valence-electron chi connectivity index (χ1n) is 6.81. The second-order valence-corrected chi connectivity index (χ2v) is 5.18. The summed E-state index contributed by atoms with van der Waals surface area (Å²) in [5.74, 6) is 0. The lowest BCUT2D eigenvalue weighted by Crippen LogP contribution is -2.33. The summed E-state index contributed by atoms with van der Waals surface area (Å²) in [6.07, 6.45) is 3.56. The van der Waals surface area contributed by atoms with Crippen molar-refractivity contribution in [2.75, 3.05) is 5.32 Å². The number of nitrogens with one attached hydrogen (secondary N) is 1. The fourth-order valence-electron chi connectivity index (χ4n) is 2.17. The van der Waals surface area contributed by atoms with Crippen molar-refractivity contribution in [1.82, 2.24) is 4.98 Å². The molecular formula is C15H19N3O2. The first kappa shape index (κ1) is 14.2. The van der Waals surface area contributed by atoms with Gasteiger partial charge >= 0.3 is 0 Å². The van der Waals surface area contributed by atoms with Gasteiger partial charge in [-0.2, -0.15) is 0 Å². The fourth-order valence-corrected chi connectivity index (χ4v) is 2.17. The standard InChI is InChI=1S/C15H19N3O2/c1-4-15(3,5-2)17-12-9-10-16-14-11(12)7-6-8-13(14)18(19)20/h6-10H,4-5H2,1-3H3,(H,16,17). The SMILES string of the molecule is CCC(C)(CC)Nc1ccnc2c([N+](=O)[O-])cccc12. The van der Waals surface area contributed by atoms with Crippen molar-refractivity contribution in [3.8, 4) is 0 Å². The fraction of sp³-hybridized carbons (Fsp3) is 0.400. The molecule has 1 aromatic carbocycles. The van der Waals surface area contributed by atoms with Gasteiger partial charge in [-0.3, -0.25) is 10.1 Å². The summed E-state index contributed by atoms with van der Waals surface area (Å²) in [6.45, 7) is 6.40. The van der Waals surface area contributed by atoms with E-state index < -0.39 is 4.92 Å². The summed E-state index contributed by atoms with van der Waals surface area (Å²) in [7, 11) is 0. The van der Waals surface area contributed by atoms with E-state index in [4.69, 9.17) is 0 Å². The number of nitro benzene ring substituents is 1. The molecule has 2 rings (SSSR count). The number of benzene rings is 1. The van der Waals surface area contributed by atoms with Crippen molar-refractivity contribution in [3.05, 3.63) is 40.6 Å². The summed E-state index contributed by atoms with van der Waals surface area (Å²) < 4.78 is 0. The Bertz CT molecular complexity index is 636. The number of pyridine rings is 1. The van der Waals surface area contributed by atoms with Crippen LogP contribution in [0.3, 0.4) is 0 Å². The number of hydrogen-bond donors (Lipinski definition) is 1. The topological polar surface area (TPSA) is 68.1 Å². The van der Waals surface area contributed by atoms with Crippen molar-refractivity contribution in [1.29, 1.82) is 0 Å². The molecule has 106 valence electrons. The Labute approximate surface area is 118 Å². The number of hydrogen-bond acceptors (Lipinski definition) is 4. The molecule has 0 unspecified atom stereocenters. The normalized spacial score (nSPS) is 11.6. The second-order valence-electron chi connectivity index (χ2n) is 5.18. The first-order valence-corrected chi connectivity index (χ1v) is 6.81. The summed E-state index contributed by atoms with van der Waals surface area (Å²) in [5.41, 5.74) is 1.33. The third-order valence-electron chi connectivity index (χ3n) is 3.94. The van der Waals surface area contributed by atoms with Crippen LogP contribution in [0.4, 0.5) is 11.4 Å². The Morgan fingerprint density at radius 2 is 2.00 bits per heavy atom. The molecule has 0 atom stereocenters. The van der Waals surface area contributed by atoms with Crippen molar-refractivity contribution >= 4 is 22.3 Å². The Kier molecular flexibility index (Phi) is 3.88. The van der Waals surface area contributed by atoms with Gasteiger partial charge in [0.2, 0.25) is 0 Å². The number of aromatic nitrogens is 1. The van der Waals surface area contributed by atoms with E-state index in [2.05, 4.69) is 31.1 Å². The van der Waals surface area contributed by atoms with Crippen LogP contribution in [-0.2, 0) is 0 Å². The maximum absolute atomic E-state index is 11.1. The van der Waals surface area contributed by atoms with Crippen LogP contribution in [0.15, 0.2) is 30.5 Å². The molecular weight excluding hydrogens is 254 g/mol. The molecule has 0 amide bonds. The number of nitrogens with zero attached hydrogens (tertiary/aromatic N) is 2. The van der Waals surface area contributed by atoms with E-state index in [1.54, 1.807) is 12.3 Å². The largest absolute Gasteiger partial charge is 0.379 e. The van der Waals surface area contributed by atoms with Crippen LogP contribution in [0.5, 0.6) is 0 Å². The Morgan fingerprint density at radius 1 is 1.30 bits per heavy atom. The molecule has 1 heterocycles. The molecule has 1 N–H and O–H groups in total. The van der Waals surface area contributed by atoms with Gasteiger partial charge in [-0.15, -0.1) is 0 Å². The zero-order valence-electron chi connectivity index (χ0n) is 12.0. The van der Waals surface area contributed by atoms with Crippen LogP contribution < -0.4 is 5.32 Å². The molecule has 5 heteroatoms. The molecule has 0 aliphatic rings. The number of para-hydroxylation sites is 1. The average molecular weight is 273 g/mol. The Hall–Kier alpha value is -2.17. The predicted octanol–water partition coefficient (Wildman–Crippen LogP) is 4.13. The van der Waals surface area contributed by atoms with Crippen LogP contribution in [0.2, 0.25) is 0 Å². The van der Waals surface area contributed by atoms with Crippen molar-refractivity contribution < 1.29 is 4.92 Å². The van der Waals surface area contributed by atoms with E-state index in [9.17, 15) is 10.1 Å². The van der Waals surface area contributed by atoms with Gasteiger partial charge in [-0.05, 0) is 25.8 Å². The van der Waals surface area contributed by atoms with E-state index >= 15 is 0 Å². The van der Waals surface area contributed by atoms with Gasteiger partial charge in [-0.1, -0.05) is 26.0 Å². The summed E-state index contributed by atoms with van der Waals surface area (Å²) >= 11 is 0. The van der Waals surface area contributed by atoms with E-state index in [0.717, 1.165) is 23.9 Å². The van der Waals surface area contributed by atoms with Crippen LogP contribution in [0.25, 0.3) is 10.9 Å². The first-order chi connectivity index (χ1) is 9.50. The third kappa shape index (κ3) is 2.57. The monoisotopic (exact) mass is 273 g/mol. The minimum absolute atomic E-state index is 0.0289. The minimum Gasteiger partial charge on any atom is -0.379 e. The molecule has 5 nitrogen and oxygen atoms in total. The highest BCUT2D eigenvalue weighted by molar-refractivity contribution is 5.96. The van der Waals surface area contributed by atoms with Crippen molar-refractivity contribution in [3.63, 3.8) is 0 Å². The number of anilines is 1. The van der Waals surface area contributed by atoms with Crippen LogP contribution in [-0.4, -0.2) is 15.4 Å². The van der Waals surface area contributed by atoms with Gasteiger partial charge in [0, 0.05) is 28.9 Å². The smallest absolute Gasteiger partial charge is 0.295 e. The minimum atomic E-state index is -0.391. The molecule has 0 bridgehead atoms. The highest BCUT2D eigenvalue weighted by Crippen LogP contribution is 2.31. The second kappa shape index (κ2) is 5.45. The highest BCUT2D eigenvalue weighted by atomic mass is 16.6. The predicted molar refractivity (Wildman–Crippen MR) is 81.0 cm³/mol. The lowest BCUT2D eigenvalue weighted by molar-refractivity contribution is -0.383. The van der Waals surface area contributed by atoms with E-state index in [1.165, 1.54) is 6.07 Å². The molecule has 20 heavy (non-hydrogen) atoms. The Morgan fingerprint density at radius 3 is 2.60 bits per heavy atom. The number of rotatable bonds is 5. The van der Waals surface area contributed by atoms with Crippen molar-refractivity contribution in [2.45, 2.75) is 39.2 Å². The summed E-state index contributed by atoms with van der Waals surface area (Å²) in [4.78, 5) is 14.8. The highest BCUT2D eigenvalue weighted by Gasteiger charge is 2.21. The molecule has 0 radical (unpaired) electrons. The van der Waals surface area contributed by atoms with Crippen molar-refractivity contribution in [2.24, 2.45) is 0 Å². The summed E-state index contributed by atoms with van der Waals surface area (Å²) in [5, 5.41) is 15.4. The zero-order chi connectivity index (χ0) is 14.8. The number of fused-ring (bicyclic) bond motifs is 1. The van der Waals surface area contributed by atoms with Crippen LogP contribution >= 0.6 is 0 Å². The zero-order valence-corrected chi connectivity index (χ0v) is 12.0. The molecule has 0 spiro atoms. The third-order valence-corrected chi connectivity index (χ3v) is 3.94. The van der Waals surface area contributed by atoms with E-state index in [0.29, 0.717) is 5.52 Å². The number of non-ortho nitro benzene ring substituents is 1. The molecule has 0 fully saturated rings. The molecule has 0 aliphatic carbocycles. The van der Waals surface area contributed by atoms with Crippen LogP contribution in [0.1, 0.15) is 33.6 Å². The molecule has 0 saturated heterocycles. The average Bonchev–Trinajstić information content (AvgIpc) is 2.46. The van der Waals surface area contributed by atoms with Crippen LogP contribution in [0, 0.1) is 10.1 Å². The Balaban J connectivity index is 2.56. The van der Waals surface area contributed by atoms with Gasteiger partial charge in [0.05, 0.1) is 4.92 Å². The van der Waals surface area contributed by atoms with E-state index in [-0.39, 0.29) is 11.2 Å². The molecule has 0 saturated carbocycles. The number of nitro groups is 1.